The van der Waals surface area contributed by atoms with Crippen molar-refractivity contribution in [1.29, 1.82) is 0 Å². The van der Waals surface area contributed by atoms with Crippen LogP contribution in [0.1, 0.15) is 24.2 Å². The zero-order valence-electron chi connectivity index (χ0n) is 18.4. The van der Waals surface area contributed by atoms with Crippen LogP contribution in [0, 0.1) is 5.92 Å². The second-order valence-electron chi connectivity index (χ2n) is 8.22. The van der Waals surface area contributed by atoms with Crippen LogP contribution in [0.3, 0.4) is 0 Å². The smallest absolute Gasteiger partial charge is 0.290 e. The van der Waals surface area contributed by atoms with Gasteiger partial charge < -0.3 is 10.2 Å². The van der Waals surface area contributed by atoms with Crippen LogP contribution in [-0.4, -0.2) is 45.7 Å². The number of amides is 2. The zero-order chi connectivity index (χ0) is 23.3. The second kappa shape index (κ2) is 10.5. The third-order valence-electron chi connectivity index (χ3n) is 5.85. The Bertz CT molecular complexity index is 1210. The number of imide groups is 1. The number of piperidine rings is 1. The summed E-state index contributed by atoms with van der Waals surface area (Å²) in [5.41, 5.74) is 3.86. The molecule has 10 heteroatoms. The van der Waals surface area contributed by atoms with Crippen molar-refractivity contribution in [1.82, 2.24) is 25.6 Å². The number of hydrogen-bond donors (Lipinski definition) is 2. The first-order valence-electron chi connectivity index (χ1n) is 11.2. The number of carbonyl (C=O) groups is 2. The van der Waals surface area contributed by atoms with E-state index >= 15 is 0 Å². The molecule has 0 aliphatic carbocycles. The molecule has 2 aliphatic rings. The Kier molecular flexibility index (Phi) is 6.98. The number of aromatic nitrogens is 3. The molecule has 3 aromatic heterocycles. The number of hydrogen-bond acceptors (Lipinski definition) is 9. The van der Waals surface area contributed by atoms with Crippen LogP contribution in [0.15, 0.2) is 52.2 Å². The summed E-state index contributed by atoms with van der Waals surface area (Å²) in [5, 5.41) is 9.67. The van der Waals surface area contributed by atoms with Crippen LogP contribution >= 0.6 is 23.1 Å². The predicted octanol–water partition coefficient (Wildman–Crippen LogP) is 3.93. The molecule has 2 N–H and O–H groups in total. The van der Waals surface area contributed by atoms with Gasteiger partial charge in [-0.15, -0.1) is 0 Å². The van der Waals surface area contributed by atoms with Gasteiger partial charge in [0.15, 0.2) is 0 Å². The molecule has 0 spiro atoms. The molecule has 0 saturated carbocycles. The summed E-state index contributed by atoms with van der Waals surface area (Å²) < 4.78 is 0. The first-order valence-corrected chi connectivity index (χ1v) is 12.9. The lowest BCUT2D eigenvalue weighted by molar-refractivity contribution is -0.115. The molecule has 2 saturated heterocycles. The number of nitrogens with one attached hydrogen (secondary N) is 2. The number of carbonyl (C=O) groups excluding carboxylic acids is 2. The summed E-state index contributed by atoms with van der Waals surface area (Å²) in [4.78, 5) is 39.4. The highest BCUT2D eigenvalue weighted by atomic mass is 32.2. The summed E-state index contributed by atoms with van der Waals surface area (Å²) in [7, 11) is 0. The fourth-order valence-electron chi connectivity index (χ4n) is 4.04. The minimum Gasteiger partial charge on any atom is -0.341 e. The Morgan fingerprint density at radius 3 is 2.79 bits per heavy atom. The van der Waals surface area contributed by atoms with Gasteiger partial charge in [0.2, 0.25) is 5.95 Å². The van der Waals surface area contributed by atoms with Gasteiger partial charge in [0, 0.05) is 36.8 Å². The minimum absolute atomic E-state index is 0.354. The van der Waals surface area contributed by atoms with Gasteiger partial charge in [-0.3, -0.25) is 19.9 Å². The van der Waals surface area contributed by atoms with Crippen LogP contribution < -0.4 is 15.5 Å². The van der Waals surface area contributed by atoms with Gasteiger partial charge in [-0.25, -0.2) is 9.97 Å². The topological polar surface area (TPSA) is 100 Å². The van der Waals surface area contributed by atoms with E-state index in [-0.39, 0.29) is 11.1 Å². The third kappa shape index (κ3) is 5.52. The third-order valence-corrected chi connectivity index (χ3v) is 7.34. The standard InChI is InChI=1S/C24H24N6O2S2/c31-22-21(34-24(32)29-22)12-18-4-8-26-23(28-18)30-9-5-16(6-10-30)13-25-14-19-2-1-3-20(27-19)17-7-11-33-15-17/h1-4,7-8,11-12,15-16,25H,5-6,9-10,13-14H2,(H,29,31,32)/b21-12-. The van der Waals surface area contributed by atoms with E-state index in [1.165, 1.54) is 5.56 Å². The monoisotopic (exact) mass is 492 g/mol. The molecule has 2 amide bonds. The van der Waals surface area contributed by atoms with Gasteiger partial charge in [-0.05, 0) is 72.8 Å². The van der Waals surface area contributed by atoms with E-state index in [0.717, 1.165) is 62.2 Å². The normalized spacial score (nSPS) is 18.0. The van der Waals surface area contributed by atoms with Crippen molar-refractivity contribution in [2.75, 3.05) is 24.5 Å². The number of pyridine rings is 1. The van der Waals surface area contributed by atoms with Gasteiger partial charge in [0.1, 0.15) is 0 Å². The fourth-order valence-corrected chi connectivity index (χ4v) is 5.36. The van der Waals surface area contributed by atoms with Crippen molar-refractivity contribution in [3.8, 4) is 11.3 Å². The highest BCUT2D eigenvalue weighted by Crippen LogP contribution is 2.26. The number of nitrogens with zero attached hydrogens (tertiary/aromatic N) is 4. The van der Waals surface area contributed by atoms with Crippen LogP contribution in [0.4, 0.5) is 10.7 Å². The second-order valence-corrected chi connectivity index (χ2v) is 10.0. The molecule has 5 rings (SSSR count). The van der Waals surface area contributed by atoms with E-state index in [1.807, 2.05) is 0 Å². The molecule has 2 fully saturated rings. The van der Waals surface area contributed by atoms with Gasteiger partial charge in [-0.1, -0.05) is 6.07 Å². The van der Waals surface area contributed by atoms with Crippen LogP contribution in [0.2, 0.25) is 0 Å². The highest BCUT2D eigenvalue weighted by Gasteiger charge is 2.25. The summed E-state index contributed by atoms with van der Waals surface area (Å²) in [5.74, 6) is 0.869. The maximum absolute atomic E-state index is 11.8. The van der Waals surface area contributed by atoms with E-state index < -0.39 is 0 Å². The summed E-state index contributed by atoms with van der Waals surface area (Å²) in [6, 6.07) is 10.0. The fraction of sp³-hybridized carbons (Fsp3) is 0.292. The molecule has 174 valence electrons. The largest absolute Gasteiger partial charge is 0.341 e. The van der Waals surface area contributed by atoms with Crippen molar-refractivity contribution in [3.05, 3.63) is 63.6 Å². The zero-order valence-corrected chi connectivity index (χ0v) is 20.1. The lowest BCUT2D eigenvalue weighted by Crippen LogP contribution is -2.38. The van der Waals surface area contributed by atoms with Gasteiger partial charge in [-0.2, -0.15) is 11.3 Å². The summed E-state index contributed by atoms with van der Waals surface area (Å²) >= 11 is 2.58. The Labute approximate surface area is 205 Å². The maximum atomic E-state index is 11.8. The molecular weight excluding hydrogens is 468 g/mol. The predicted molar refractivity (Wildman–Crippen MR) is 135 cm³/mol. The lowest BCUT2D eigenvalue weighted by Gasteiger charge is -2.32. The SMILES string of the molecule is O=C1NC(=O)/C(=C/c2ccnc(N3CCC(CNCc4cccc(-c5ccsc5)n4)CC3)n2)S1. The number of anilines is 1. The first kappa shape index (κ1) is 22.7. The molecule has 0 unspecified atom stereocenters. The van der Waals surface area contributed by atoms with E-state index in [1.54, 1.807) is 29.7 Å². The quantitative estimate of drug-likeness (QED) is 0.479. The first-order chi connectivity index (χ1) is 16.6. The Morgan fingerprint density at radius 2 is 2.03 bits per heavy atom. The van der Waals surface area contributed by atoms with Crippen LogP contribution in [0.25, 0.3) is 17.3 Å². The summed E-state index contributed by atoms with van der Waals surface area (Å²) in [6.07, 6.45) is 5.43. The van der Waals surface area contributed by atoms with Crippen LogP contribution in [-0.2, 0) is 11.3 Å². The Balaban J connectivity index is 1.11. The molecule has 0 bridgehead atoms. The molecule has 2 aliphatic heterocycles. The average Bonchev–Trinajstić information content (AvgIpc) is 3.50. The van der Waals surface area contributed by atoms with Crippen molar-refractivity contribution >= 4 is 46.3 Å². The molecule has 34 heavy (non-hydrogen) atoms. The molecule has 8 nitrogen and oxygen atoms in total. The lowest BCUT2D eigenvalue weighted by atomic mass is 9.97. The van der Waals surface area contributed by atoms with E-state index in [4.69, 9.17) is 4.98 Å². The average molecular weight is 493 g/mol. The van der Waals surface area contributed by atoms with Crippen molar-refractivity contribution in [2.24, 2.45) is 5.92 Å². The van der Waals surface area contributed by atoms with Gasteiger partial charge >= 0.3 is 0 Å². The van der Waals surface area contributed by atoms with Crippen LogP contribution in [0.5, 0.6) is 0 Å². The van der Waals surface area contributed by atoms with Gasteiger partial charge in [0.25, 0.3) is 11.1 Å². The molecular formula is C24H24N6O2S2. The van der Waals surface area contributed by atoms with Crippen molar-refractivity contribution < 1.29 is 9.59 Å². The molecule has 0 atom stereocenters. The number of rotatable bonds is 7. The Morgan fingerprint density at radius 1 is 1.15 bits per heavy atom. The molecule has 0 aromatic carbocycles. The molecule has 3 aromatic rings. The van der Waals surface area contributed by atoms with Crippen molar-refractivity contribution in [3.63, 3.8) is 0 Å². The van der Waals surface area contributed by atoms with E-state index in [9.17, 15) is 9.59 Å². The maximum Gasteiger partial charge on any atom is 0.290 e. The van der Waals surface area contributed by atoms with E-state index in [0.29, 0.717) is 22.5 Å². The van der Waals surface area contributed by atoms with E-state index in [2.05, 4.69) is 60.5 Å². The summed E-state index contributed by atoms with van der Waals surface area (Å²) in [6.45, 7) is 3.47. The van der Waals surface area contributed by atoms with Crippen molar-refractivity contribution in [2.45, 2.75) is 19.4 Å². The molecule has 0 radical (unpaired) electrons. The molecule has 5 heterocycles. The minimum atomic E-state index is -0.378. The number of thioether (sulfide) groups is 1. The highest BCUT2D eigenvalue weighted by molar-refractivity contribution is 8.18. The Hall–Kier alpha value is -3.08. The number of thiophene rings is 1. The van der Waals surface area contributed by atoms with Gasteiger partial charge in [0.05, 0.1) is 22.0 Å².